The number of rotatable bonds is 3. The topological polar surface area (TPSA) is 79.1 Å². The molecule has 0 N–H and O–H groups in total. The molecule has 3 aromatic rings. The van der Waals surface area contributed by atoms with Gasteiger partial charge in [0.25, 0.3) is 5.56 Å². The molecule has 0 radical (unpaired) electrons. The van der Waals surface area contributed by atoms with Gasteiger partial charge in [-0.1, -0.05) is 12.1 Å². The Labute approximate surface area is 140 Å². The zero-order valence-electron chi connectivity index (χ0n) is 12.4. The van der Waals surface area contributed by atoms with Gasteiger partial charge in [0.15, 0.2) is 16.5 Å². The number of aromatic nitrogens is 2. The van der Waals surface area contributed by atoms with E-state index >= 15 is 0 Å². The molecular formula is C16H12N2O5S. The fraction of sp³-hybridized carbons (Fsp3) is 0.188. The van der Waals surface area contributed by atoms with Gasteiger partial charge >= 0.3 is 5.97 Å². The van der Waals surface area contributed by atoms with Gasteiger partial charge in [0.1, 0.15) is 13.2 Å². The third kappa shape index (κ3) is 2.71. The highest BCUT2D eigenvalue weighted by Crippen LogP contribution is 2.31. The van der Waals surface area contributed by atoms with Crippen LogP contribution in [0.25, 0.3) is 4.96 Å². The second-order valence-corrected chi connectivity index (χ2v) is 5.99. The molecule has 0 spiro atoms. The lowest BCUT2D eigenvalue weighted by Gasteiger charge is -2.24. The van der Waals surface area contributed by atoms with Crippen molar-refractivity contribution < 1.29 is 19.0 Å². The molecule has 1 atom stereocenters. The van der Waals surface area contributed by atoms with Crippen LogP contribution in [0.2, 0.25) is 0 Å². The van der Waals surface area contributed by atoms with E-state index in [2.05, 4.69) is 4.98 Å². The third-order valence-corrected chi connectivity index (χ3v) is 4.25. The van der Waals surface area contributed by atoms with E-state index in [4.69, 9.17) is 14.2 Å². The van der Waals surface area contributed by atoms with Crippen molar-refractivity contribution in [1.82, 2.24) is 9.38 Å². The van der Waals surface area contributed by atoms with Crippen LogP contribution in [-0.4, -0.2) is 28.1 Å². The predicted octanol–water partition coefficient (Wildman–Crippen LogP) is 1.64. The number of thiazole rings is 1. The number of carbonyl (C=O) groups excluding carboxylic acids is 1. The Bertz CT molecular complexity index is 964. The molecule has 1 unspecified atom stereocenters. The van der Waals surface area contributed by atoms with Gasteiger partial charge < -0.3 is 14.2 Å². The van der Waals surface area contributed by atoms with Crippen LogP contribution in [0, 0.1) is 0 Å². The van der Waals surface area contributed by atoms with E-state index in [0.717, 1.165) is 0 Å². The predicted molar refractivity (Wildman–Crippen MR) is 85.5 cm³/mol. The van der Waals surface area contributed by atoms with Gasteiger partial charge in [-0.05, 0) is 12.1 Å². The van der Waals surface area contributed by atoms with Crippen molar-refractivity contribution in [2.24, 2.45) is 0 Å². The van der Waals surface area contributed by atoms with E-state index in [1.54, 1.807) is 29.8 Å². The Balaban J connectivity index is 1.44. The number of fused-ring (bicyclic) bond motifs is 2. The maximum absolute atomic E-state index is 12.1. The molecule has 7 nitrogen and oxygen atoms in total. The van der Waals surface area contributed by atoms with Crippen molar-refractivity contribution in [1.29, 1.82) is 0 Å². The molecule has 0 aliphatic carbocycles. The van der Waals surface area contributed by atoms with Gasteiger partial charge in [0.05, 0.1) is 5.69 Å². The fourth-order valence-electron chi connectivity index (χ4n) is 2.34. The van der Waals surface area contributed by atoms with Crippen molar-refractivity contribution in [2.75, 3.05) is 6.61 Å². The summed E-state index contributed by atoms with van der Waals surface area (Å²) in [5.41, 5.74) is 0.186. The van der Waals surface area contributed by atoms with E-state index in [-0.39, 0.29) is 18.8 Å². The van der Waals surface area contributed by atoms with Gasteiger partial charge in [0, 0.05) is 17.6 Å². The second-order valence-electron chi connectivity index (χ2n) is 5.11. The minimum atomic E-state index is -0.841. The van der Waals surface area contributed by atoms with Crippen LogP contribution < -0.4 is 15.0 Å². The molecule has 1 aliphatic rings. The Hall–Kier alpha value is -2.87. The Morgan fingerprint density at radius 3 is 3.08 bits per heavy atom. The summed E-state index contributed by atoms with van der Waals surface area (Å²) in [6.45, 7) is -0.0140. The first kappa shape index (κ1) is 14.7. The van der Waals surface area contributed by atoms with Crippen LogP contribution in [0.4, 0.5) is 0 Å². The molecule has 0 fully saturated rings. The molecule has 1 aliphatic heterocycles. The zero-order chi connectivity index (χ0) is 16.5. The monoisotopic (exact) mass is 344 g/mol. The first-order valence-corrected chi connectivity index (χ1v) is 8.09. The SMILES string of the molecule is O=C(OCc1cc(=O)n2ccsc2n1)C1COc2ccccc2O1. The van der Waals surface area contributed by atoms with Crippen molar-refractivity contribution in [3.8, 4) is 11.5 Å². The number of nitrogens with zero attached hydrogens (tertiary/aromatic N) is 2. The first-order valence-electron chi connectivity index (χ1n) is 7.21. The quantitative estimate of drug-likeness (QED) is 0.672. The lowest BCUT2D eigenvalue weighted by molar-refractivity contribution is -0.156. The summed E-state index contributed by atoms with van der Waals surface area (Å²) >= 11 is 1.34. The van der Waals surface area contributed by atoms with Crippen LogP contribution in [0.1, 0.15) is 5.69 Å². The first-order chi connectivity index (χ1) is 11.7. The normalized spacial score (nSPS) is 16.1. The molecule has 4 rings (SSSR count). The molecular weight excluding hydrogens is 332 g/mol. The van der Waals surface area contributed by atoms with Crippen molar-refractivity contribution in [2.45, 2.75) is 12.7 Å². The zero-order valence-corrected chi connectivity index (χ0v) is 13.2. The minimum absolute atomic E-state index is 0.0793. The average molecular weight is 344 g/mol. The molecule has 24 heavy (non-hydrogen) atoms. The summed E-state index contributed by atoms with van der Waals surface area (Å²) < 4.78 is 17.7. The van der Waals surface area contributed by atoms with E-state index in [9.17, 15) is 9.59 Å². The molecule has 0 saturated carbocycles. The molecule has 0 saturated heterocycles. The number of ether oxygens (including phenoxy) is 3. The molecule has 122 valence electrons. The molecule has 8 heteroatoms. The number of carbonyl (C=O) groups is 1. The van der Waals surface area contributed by atoms with Crippen molar-refractivity contribution in [3.63, 3.8) is 0 Å². The summed E-state index contributed by atoms with van der Waals surface area (Å²) in [6, 6.07) is 8.46. The van der Waals surface area contributed by atoms with Crippen LogP contribution in [0.5, 0.6) is 11.5 Å². The molecule has 1 aromatic carbocycles. The lowest BCUT2D eigenvalue weighted by Crippen LogP contribution is -2.37. The summed E-state index contributed by atoms with van der Waals surface area (Å²) in [5, 5.41) is 1.77. The molecule has 0 amide bonds. The summed E-state index contributed by atoms with van der Waals surface area (Å²) in [4.78, 5) is 28.9. The Kier molecular flexibility index (Phi) is 3.66. The molecule has 3 heterocycles. The summed E-state index contributed by atoms with van der Waals surface area (Å²) in [5.74, 6) is 0.541. The van der Waals surface area contributed by atoms with Gasteiger partial charge in [-0.3, -0.25) is 9.20 Å². The summed E-state index contributed by atoms with van der Waals surface area (Å²) in [6.07, 6.45) is 0.807. The lowest BCUT2D eigenvalue weighted by atomic mass is 10.2. The number of hydrogen-bond donors (Lipinski definition) is 0. The van der Waals surface area contributed by atoms with Gasteiger partial charge in [-0.2, -0.15) is 0 Å². The average Bonchev–Trinajstić information content (AvgIpc) is 3.08. The fourth-order valence-corrected chi connectivity index (χ4v) is 3.07. The van der Waals surface area contributed by atoms with Gasteiger partial charge in [-0.25, -0.2) is 9.78 Å². The highest BCUT2D eigenvalue weighted by atomic mass is 32.1. The van der Waals surface area contributed by atoms with E-state index in [1.807, 2.05) is 6.07 Å². The van der Waals surface area contributed by atoms with Crippen LogP contribution in [0.15, 0.2) is 46.7 Å². The standard InChI is InChI=1S/C16H12N2O5S/c19-14-7-10(17-16-18(14)5-6-24-16)8-22-15(20)13-9-21-11-3-1-2-4-12(11)23-13/h1-7,13H,8-9H2. The van der Waals surface area contributed by atoms with Crippen LogP contribution >= 0.6 is 11.3 Å². The molecule has 0 bridgehead atoms. The van der Waals surface area contributed by atoms with E-state index < -0.39 is 12.1 Å². The third-order valence-electron chi connectivity index (χ3n) is 3.49. The van der Waals surface area contributed by atoms with Gasteiger partial charge in [0.2, 0.25) is 6.10 Å². The second kappa shape index (κ2) is 5.97. The number of esters is 1. The maximum Gasteiger partial charge on any atom is 0.351 e. The van der Waals surface area contributed by atoms with E-state index in [0.29, 0.717) is 22.2 Å². The maximum atomic E-state index is 12.1. The number of hydrogen-bond acceptors (Lipinski definition) is 7. The highest BCUT2D eigenvalue weighted by Gasteiger charge is 2.28. The molecule has 2 aromatic heterocycles. The minimum Gasteiger partial charge on any atom is -0.485 e. The largest absolute Gasteiger partial charge is 0.485 e. The van der Waals surface area contributed by atoms with Crippen LogP contribution in [-0.2, 0) is 16.1 Å². The summed E-state index contributed by atoms with van der Waals surface area (Å²) in [7, 11) is 0. The smallest absolute Gasteiger partial charge is 0.351 e. The number of benzene rings is 1. The highest BCUT2D eigenvalue weighted by molar-refractivity contribution is 7.15. The number of para-hydroxylation sites is 2. The Morgan fingerprint density at radius 2 is 2.21 bits per heavy atom. The Morgan fingerprint density at radius 1 is 1.38 bits per heavy atom. The van der Waals surface area contributed by atoms with Gasteiger partial charge in [-0.15, -0.1) is 11.3 Å². The van der Waals surface area contributed by atoms with Crippen molar-refractivity contribution in [3.05, 3.63) is 58.0 Å². The van der Waals surface area contributed by atoms with E-state index in [1.165, 1.54) is 21.8 Å². The van der Waals surface area contributed by atoms with Crippen LogP contribution in [0.3, 0.4) is 0 Å². The van der Waals surface area contributed by atoms with Crippen molar-refractivity contribution >= 4 is 22.3 Å².